The van der Waals surface area contributed by atoms with E-state index in [1.54, 1.807) is 11.3 Å². The normalized spacial score (nSPS) is 12.6. The van der Waals surface area contributed by atoms with Crippen molar-refractivity contribution in [2.45, 2.75) is 45.8 Å². The lowest BCUT2D eigenvalue weighted by molar-refractivity contribution is 0.177. The van der Waals surface area contributed by atoms with Gasteiger partial charge in [-0.3, -0.25) is 0 Å². The third kappa shape index (κ3) is 4.29. The maximum Gasteiger partial charge on any atom is 0.185 e. The summed E-state index contributed by atoms with van der Waals surface area (Å²) in [6.07, 6.45) is 1.19. The zero-order chi connectivity index (χ0) is 15.2. The van der Waals surface area contributed by atoms with Crippen LogP contribution in [0.1, 0.15) is 44.6 Å². The average Bonchev–Trinajstić information content (AvgIpc) is 2.93. The van der Waals surface area contributed by atoms with Crippen LogP contribution in [0.3, 0.4) is 0 Å². The summed E-state index contributed by atoms with van der Waals surface area (Å²) in [5, 5.41) is 13.4. The molecule has 4 heteroatoms. The molecule has 3 nitrogen and oxygen atoms in total. The van der Waals surface area contributed by atoms with Gasteiger partial charge in [-0.15, -0.1) is 11.3 Å². The zero-order valence-corrected chi connectivity index (χ0v) is 13.8. The zero-order valence-electron chi connectivity index (χ0n) is 13.0. The molecular formula is C17H24N2OS. The van der Waals surface area contributed by atoms with Gasteiger partial charge >= 0.3 is 0 Å². The molecule has 21 heavy (non-hydrogen) atoms. The number of thiazole rings is 1. The van der Waals surface area contributed by atoms with Gasteiger partial charge in [0, 0.05) is 24.4 Å². The third-order valence-corrected chi connectivity index (χ3v) is 4.39. The Bertz CT molecular complexity index is 539. The Morgan fingerprint density at radius 2 is 1.95 bits per heavy atom. The maximum absolute atomic E-state index is 10.3. The summed E-state index contributed by atoms with van der Waals surface area (Å²) in [7, 11) is 0. The topological polar surface area (TPSA) is 36.4 Å². The Labute approximate surface area is 131 Å². The van der Waals surface area contributed by atoms with E-state index in [0.717, 1.165) is 29.4 Å². The van der Waals surface area contributed by atoms with E-state index in [1.807, 2.05) is 30.3 Å². The number of hydrogen-bond donors (Lipinski definition) is 1. The Morgan fingerprint density at radius 1 is 1.24 bits per heavy atom. The molecule has 1 heterocycles. The van der Waals surface area contributed by atoms with Gasteiger partial charge in [0.2, 0.25) is 0 Å². The minimum Gasteiger partial charge on any atom is -0.388 e. The second kappa shape index (κ2) is 7.57. The van der Waals surface area contributed by atoms with E-state index in [0.29, 0.717) is 12.5 Å². The maximum atomic E-state index is 10.3. The molecular weight excluding hydrogens is 280 g/mol. The van der Waals surface area contributed by atoms with Crippen molar-refractivity contribution in [3.8, 4) is 0 Å². The molecule has 1 unspecified atom stereocenters. The van der Waals surface area contributed by atoms with Crippen LogP contribution >= 0.6 is 11.3 Å². The molecule has 0 radical (unpaired) electrons. The van der Waals surface area contributed by atoms with E-state index < -0.39 is 6.10 Å². The number of aliphatic hydroxyl groups excluding tert-OH is 1. The summed E-state index contributed by atoms with van der Waals surface area (Å²) >= 11 is 1.67. The van der Waals surface area contributed by atoms with E-state index in [-0.39, 0.29) is 0 Å². The molecule has 0 saturated heterocycles. The quantitative estimate of drug-likeness (QED) is 0.838. The summed E-state index contributed by atoms with van der Waals surface area (Å²) in [6, 6.07) is 10.2. The molecule has 0 saturated carbocycles. The molecule has 0 aliphatic carbocycles. The summed E-state index contributed by atoms with van der Waals surface area (Å²) < 4.78 is 0. The second-order valence-electron chi connectivity index (χ2n) is 5.54. The number of benzene rings is 1. The first-order valence-corrected chi connectivity index (χ1v) is 8.43. The molecule has 1 atom stereocenters. The van der Waals surface area contributed by atoms with Crippen LogP contribution in [0.15, 0.2) is 35.7 Å². The van der Waals surface area contributed by atoms with Gasteiger partial charge in [0.05, 0.1) is 11.8 Å². The lowest BCUT2D eigenvalue weighted by Crippen LogP contribution is -2.31. The molecule has 0 fully saturated rings. The van der Waals surface area contributed by atoms with Gasteiger partial charge in [0.1, 0.15) is 0 Å². The van der Waals surface area contributed by atoms with Crippen LogP contribution in [0.25, 0.3) is 0 Å². The molecule has 2 rings (SSSR count). The van der Waals surface area contributed by atoms with Crippen molar-refractivity contribution < 1.29 is 5.11 Å². The summed E-state index contributed by atoms with van der Waals surface area (Å²) in [5.41, 5.74) is 1.91. The summed E-state index contributed by atoms with van der Waals surface area (Å²) in [4.78, 5) is 7.02. The smallest absolute Gasteiger partial charge is 0.185 e. The highest BCUT2D eigenvalue weighted by Crippen LogP contribution is 2.26. The van der Waals surface area contributed by atoms with Crippen molar-refractivity contribution in [2.24, 2.45) is 0 Å². The van der Waals surface area contributed by atoms with E-state index >= 15 is 0 Å². The Balaban J connectivity index is 2.06. The van der Waals surface area contributed by atoms with Crippen molar-refractivity contribution in [2.75, 3.05) is 11.4 Å². The number of aromatic nitrogens is 1. The highest BCUT2D eigenvalue weighted by atomic mass is 32.1. The molecule has 0 bridgehead atoms. The molecule has 0 spiro atoms. The lowest BCUT2D eigenvalue weighted by atomic mass is 10.1. The predicted molar refractivity (Wildman–Crippen MR) is 90.0 cm³/mol. The Morgan fingerprint density at radius 3 is 2.57 bits per heavy atom. The Kier molecular flexibility index (Phi) is 5.76. The van der Waals surface area contributed by atoms with E-state index in [4.69, 9.17) is 4.98 Å². The highest BCUT2D eigenvalue weighted by molar-refractivity contribution is 7.13. The fourth-order valence-corrected chi connectivity index (χ4v) is 3.33. The fraction of sp³-hybridized carbons (Fsp3) is 0.471. The molecule has 0 aliphatic rings. The van der Waals surface area contributed by atoms with E-state index in [1.165, 1.54) is 0 Å². The number of aliphatic hydroxyl groups is 1. The van der Waals surface area contributed by atoms with Crippen LogP contribution in [0.5, 0.6) is 0 Å². The number of nitrogens with zero attached hydrogens (tertiary/aromatic N) is 2. The average molecular weight is 304 g/mol. The number of hydrogen-bond acceptors (Lipinski definition) is 4. The lowest BCUT2D eigenvalue weighted by Gasteiger charge is -2.25. The fourth-order valence-electron chi connectivity index (χ4n) is 2.33. The van der Waals surface area contributed by atoms with Crippen molar-refractivity contribution in [3.05, 3.63) is 47.0 Å². The molecule has 0 aliphatic heterocycles. The van der Waals surface area contributed by atoms with E-state index in [2.05, 4.69) is 31.1 Å². The largest absolute Gasteiger partial charge is 0.388 e. The Hall–Kier alpha value is -1.39. The minimum absolute atomic E-state index is 0.447. The van der Waals surface area contributed by atoms with Gasteiger partial charge in [-0.25, -0.2) is 4.98 Å². The molecule has 1 N–H and O–H groups in total. The standard InChI is InChI=1S/C17H24N2OS/c1-4-10-19(13(2)3)17-18-15(12-21-17)11-16(20)14-8-6-5-7-9-14/h5-9,12-13,16,20H,4,10-11H2,1-3H3. The van der Waals surface area contributed by atoms with Crippen LogP contribution in [-0.2, 0) is 6.42 Å². The van der Waals surface area contributed by atoms with Crippen molar-refractivity contribution in [1.29, 1.82) is 0 Å². The first kappa shape index (κ1) is 16.0. The SMILES string of the molecule is CCCN(c1nc(CC(O)c2ccccc2)cs1)C(C)C. The van der Waals surface area contributed by atoms with Gasteiger partial charge in [0.25, 0.3) is 0 Å². The van der Waals surface area contributed by atoms with Crippen molar-refractivity contribution in [1.82, 2.24) is 4.98 Å². The first-order chi connectivity index (χ1) is 10.1. The molecule has 1 aromatic carbocycles. The molecule has 1 aromatic heterocycles. The van der Waals surface area contributed by atoms with Crippen LogP contribution in [-0.4, -0.2) is 22.7 Å². The van der Waals surface area contributed by atoms with Gasteiger partial charge in [0.15, 0.2) is 5.13 Å². The summed E-state index contributed by atoms with van der Waals surface area (Å²) in [5.74, 6) is 0. The third-order valence-electron chi connectivity index (χ3n) is 3.46. The number of rotatable bonds is 7. The highest BCUT2D eigenvalue weighted by Gasteiger charge is 2.15. The molecule has 0 amide bonds. The van der Waals surface area contributed by atoms with Gasteiger partial charge in [-0.05, 0) is 25.8 Å². The first-order valence-electron chi connectivity index (χ1n) is 7.55. The summed E-state index contributed by atoms with van der Waals surface area (Å²) in [6.45, 7) is 7.58. The van der Waals surface area contributed by atoms with Gasteiger partial charge < -0.3 is 10.0 Å². The van der Waals surface area contributed by atoms with Crippen molar-refractivity contribution >= 4 is 16.5 Å². The number of anilines is 1. The van der Waals surface area contributed by atoms with Crippen LogP contribution in [0.2, 0.25) is 0 Å². The molecule has 2 aromatic rings. The monoisotopic (exact) mass is 304 g/mol. The van der Waals surface area contributed by atoms with Crippen LogP contribution in [0.4, 0.5) is 5.13 Å². The second-order valence-corrected chi connectivity index (χ2v) is 6.38. The predicted octanol–water partition coefficient (Wildman–Crippen LogP) is 4.04. The van der Waals surface area contributed by atoms with E-state index in [9.17, 15) is 5.11 Å². The van der Waals surface area contributed by atoms with Gasteiger partial charge in [-0.2, -0.15) is 0 Å². The van der Waals surface area contributed by atoms with Gasteiger partial charge in [-0.1, -0.05) is 37.3 Å². The van der Waals surface area contributed by atoms with Crippen molar-refractivity contribution in [3.63, 3.8) is 0 Å². The molecule has 114 valence electrons. The van der Waals surface area contributed by atoms with Crippen LogP contribution < -0.4 is 4.90 Å². The van der Waals surface area contributed by atoms with Crippen LogP contribution in [0, 0.1) is 0 Å². The minimum atomic E-state index is -0.486.